The summed E-state index contributed by atoms with van der Waals surface area (Å²) in [6, 6.07) is 5.37. The maximum absolute atomic E-state index is 13.0. The Morgan fingerprint density at radius 2 is 1.52 bits per heavy atom. The number of phenolic OH excluding ortho intramolecular Hbond substituents is 2. The summed E-state index contributed by atoms with van der Waals surface area (Å²) < 4.78 is 5.37. The Hall–Kier alpha value is -3.15. The van der Waals surface area contributed by atoms with Crippen molar-refractivity contribution in [3.05, 3.63) is 52.1 Å². The summed E-state index contributed by atoms with van der Waals surface area (Å²) in [6.45, 7) is 8.01. The molecule has 0 aromatic heterocycles. The zero-order valence-corrected chi connectivity index (χ0v) is 18.3. The first kappa shape index (κ1) is 22.5. The number of carbonyl (C=O) groups is 3. The summed E-state index contributed by atoms with van der Waals surface area (Å²) in [7, 11) is 0. The fourth-order valence-corrected chi connectivity index (χ4v) is 3.97. The lowest BCUT2D eigenvalue weighted by Gasteiger charge is -2.20. The van der Waals surface area contributed by atoms with Crippen molar-refractivity contribution in [1.29, 1.82) is 0 Å². The summed E-state index contributed by atoms with van der Waals surface area (Å²) >= 11 is 0. The molecule has 1 atom stereocenters. The van der Waals surface area contributed by atoms with Gasteiger partial charge in [0.05, 0.1) is 11.1 Å². The minimum Gasteiger partial charge on any atom is -0.507 e. The third-order valence-corrected chi connectivity index (χ3v) is 5.52. The predicted octanol–water partition coefficient (Wildman–Crippen LogP) is 4.94. The lowest BCUT2D eigenvalue weighted by molar-refractivity contribution is -0.135. The number of hydrogen-bond acceptors (Lipinski definition) is 6. The first-order chi connectivity index (χ1) is 14.6. The average Bonchev–Trinajstić information content (AvgIpc) is 2.64. The molecule has 2 aromatic carbocycles. The van der Waals surface area contributed by atoms with Crippen LogP contribution in [0.4, 0.5) is 0 Å². The molecule has 164 valence electrons. The molecule has 1 unspecified atom stereocenters. The van der Waals surface area contributed by atoms with Crippen molar-refractivity contribution in [3.63, 3.8) is 0 Å². The van der Waals surface area contributed by atoms with Gasteiger partial charge < -0.3 is 14.9 Å². The zero-order valence-electron chi connectivity index (χ0n) is 18.3. The highest BCUT2D eigenvalue weighted by molar-refractivity contribution is 6.30. The molecule has 0 saturated heterocycles. The number of esters is 1. The summed E-state index contributed by atoms with van der Waals surface area (Å²) in [5.74, 6) is -1.60. The van der Waals surface area contributed by atoms with Crippen LogP contribution in [0.5, 0.6) is 17.2 Å². The Labute approximate surface area is 181 Å². The molecule has 0 spiro atoms. The number of carbonyl (C=O) groups excluding carboxylic acids is 3. The van der Waals surface area contributed by atoms with Crippen LogP contribution in [0.2, 0.25) is 0 Å². The lowest BCUT2D eigenvalue weighted by atomic mass is 9.82. The van der Waals surface area contributed by atoms with Crippen LogP contribution in [-0.2, 0) is 4.79 Å². The Morgan fingerprint density at radius 1 is 0.903 bits per heavy atom. The normalized spacial score (nSPS) is 13.7. The van der Waals surface area contributed by atoms with Gasteiger partial charge in [0.15, 0.2) is 5.78 Å². The van der Waals surface area contributed by atoms with Gasteiger partial charge in [-0.05, 0) is 42.5 Å². The lowest BCUT2D eigenvalue weighted by Crippen LogP contribution is -2.22. The number of ether oxygens (including phenoxy) is 1. The molecular formula is C25H28O6. The minimum atomic E-state index is -0.642. The quantitative estimate of drug-likeness (QED) is 0.412. The highest BCUT2D eigenvalue weighted by atomic mass is 16.5. The molecule has 1 aliphatic rings. The molecule has 0 aliphatic heterocycles. The van der Waals surface area contributed by atoms with Gasteiger partial charge in [0.2, 0.25) is 5.78 Å². The van der Waals surface area contributed by atoms with Gasteiger partial charge in [-0.15, -0.1) is 0 Å². The van der Waals surface area contributed by atoms with E-state index in [4.69, 9.17) is 4.74 Å². The number of ketones is 2. The number of aromatic hydroxyl groups is 2. The molecule has 1 aliphatic carbocycles. The van der Waals surface area contributed by atoms with Crippen molar-refractivity contribution in [2.45, 2.75) is 53.4 Å². The van der Waals surface area contributed by atoms with E-state index in [0.29, 0.717) is 11.5 Å². The van der Waals surface area contributed by atoms with Crippen molar-refractivity contribution in [1.82, 2.24) is 0 Å². The Kier molecular flexibility index (Phi) is 6.48. The van der Waals surface area contributed by atoms with Crippen molar-refractivity contribution in [2.24, 2.45) is 11.8 Å². The van der Waals surface area contributed by atoms with E-state index >= 15 is 0 Å². The van der Waals surface area contributed by atoms with Crippen LogP contribution in [0.1, 0.15) is 83.9 Å². The largest absolute Gasteiger partial charge is 0.507 e. The Balaban J connectivity index is 1.81. The van der Waals surface area contributed by atoms with Crippen LogP contribution in [0.3, 0.4) is 0 Å². The average molecular weight is 424 g/mol. The molecule has 0 saturated carbocycles. The second kappa shape index (κ2) is 8.92. The second-order valence-corrected chi connectivity index (χ2v) is 8.84. The number of rotatable bonds is 7. The highest BCUT2D eigenvalue weighted by Gasteiger charge is 2.35. The van der Waals surface area contributed by atoms with Crippen molar-refractivity contribution in [3.8, 4) is 17.2 Å². The van der Waals surface area contributed by atoms with Crippen LogP contribution in [0, 0.1) is 18.8 Å². The van der Waals surface area contributed by atoms with Gasteiger partial charge in [-0.1, -0.05) is 40.0 Å². The summed E-state index contributed by atoms with van der Waals surface area (Å²) in [4.78, 5) is 38.2. The fourth-order valence-electron chi connectivity index (χ4n) is 3.97. The second-order valence-electron chi connectivity index (χ2n) is 8.84. The predicted molar refractivity (Wildman–Crippen MR) is 116 cm³/mol. The van der Waals surface area contributed by atoms with Crippen molar-refractivity contribution in [2.75, 3.05) is 0 Å². The molecule has 6 heteroatoms. The first-order valence-corrected chi connectivity index (χ1v) is 10.6. The highest BCUT2D eigenvalue weighted by Crippen LogP contribution is 2.39. The van der Waals surface area contributed by atoms with Crippen LogP contribution >= 0.6 is 0 Å². The maximum atomic E-state index is 13.0. The Morgan fingerprint density at radius 3 is 2.16 bits per heavy atom. The molecule has 3 rings (SSSR count). The first-order valence-electron chi connectivity index (χ1n) is 10.6. The number of benzene rings is 2. The molecule has 0 radical (unpaired) electrons. The number of phenols is 2. The molecule has 2 N–H and O–H groups in total. The third kappa shape index (κ3) is 4.79. The smallest absolute Gasteiger partial charge is 0.311 e. The van der Waals surface area contributed by atoms with Crippen LogP contribution < -0.4 is 4.74 Å². The van der Waals surface area contributed by atoms with Gasteiger partial charge in [0.25, 0.3) is 0 Å². The van der Waals surface area contributed by atoms with E-state index in [1.54, 1.807) is 6.92 Å². The molecule has 0 fully saturated rings. The molecule has 0 bridgehead atoms. The van der Waals surface area contributed by atoms with Crippen molar-refractivity contribution < 1.29 is 29.3 Å². The van der Waals surface area contributed by atoms with Crippen LogP contribution in [0.25, 0.3) is 0 Å². The van der Waals surface area contributed by atoms with Crippen LogP contribution in [0.15, 0.2) is 24.3 Å². The molecule has 31 heavy (non-hydrogen) atoms. The number of hydrogen-bond donors (Lipinski definition) is 2. The zero-order chi connectivity index (χ0) is 22.9. The number of fused-ring (bicyclic) bond motifs is 2. The Bertz CT molecular complexity index is 1050. The fraction of sp³-hybridized carbons (Fsp3) is 0.400. The SMILES string of the molecule is Cc1cc(O)c2c(c1)C(=O)c1cc(OC(=O)CC(C)CCCC(C)C)cc(O)c1C2=O. The van der Waals surface area contributed by atoms with Gasteiger partial charge >= 0.3 is 5.97 Å². The molecular weight excluding hydrogens is 396 g/mol. The van der Waals surface area contributed by atoms with E-state index in [9.17, 15) is 24.6 Å². The number of aryl methyl sites for hydroxylation is 1. The summed E-state index contributed by atoms with van der Waals surface area (Å²) in [5, 5.41) is 20.6. The van der Waals surface area contributed by atoms with E-state index in [1.807, 2.05) is 6.92 Å². The van der Waals surface area contributed by atoms with E-state index in [-0.39, 0.29) is 46.1 Å². The van der Waals surface area contributed by atoms with Gasteiger partial charge in [-0.25, -0.2) is 0 Å². The molecule has 6 nitrogen and oxygen atoms in total. The van der Waals surface area contributed by atoms with Gasteiger partial charge in [0, 0.05) is 23.6 Å². The van der Waals surface area contributed by atoms with Crippen molar-refractivity contribution >= 4 is 17.5 Å². The van der Waals surface area contributed by atoms with E-state index in [1.165, 1.54) is 18.2 Å². The van der Waals surface area contributed by atoms with E-state index in [0.717, 1.165) is 25.3 Å². The monoisotopic (exact) mass is 424 g/mol. The molecule has 0 amide bonds. The molecule has 0 heterocycles. The minimum absolute atomic E-state index is 0.0112. The topological polar surface area (TPSA) is 101 Å². The van der Waals surface area contributed by atoms with E-state index < -0.39 is 23.3 Å². The maximum Gasteiger partial charge on any atom is 0.311 e. The standard InChI is InChI=1S/C25H28O6/c1-13(2)6-5-7-14(3)10-21(28)31-16-11-18-23(20(27)12-16)25(30)22-17(24(18)29)8-15(4)9-19(22)26/h8-9,11-14,26-27H,5-7,10H2,1-4H3. The van der Waals surface area contributed by atoms with Gasteiger partial charge in [-0.3, -0.25) is 14.4 Å². The van der Waals surface area contributed by atoms with Gasteiger partial charge in [0.1, 0.15) is 17.2 Å². The van der Waals surface area contributed by atoms with Crippen LogP contribution in [-0.4, -0.2) is 27.7 Å². The summed E-state index contributed by atoms with van der Waals surface area (Å²) in [6.07, 6.45) is 3.27. The third-order valence-electron chi connectivity index (χ3n) is 5.52. The summed E-state index contributed by atoms with van der Waals surface area (Å²) in [5.41, 5.74) is 0.322. The van der Waals surface area contributed by atoms with E-state index in [2.05, 4.69) is 13.8 Å². The van der Waals surface area contributed by atoms with Gasteiger partial charge in [-0.2, -0.15) is 0 Å². The molecule has 2 aromatic rings.